The minimum atomic E-state index is 0.685. The molecule has 2 aromatic heterocycles. The van der Waals surface area contributed by atoms with Gasteiger partial charge in [-0.25, -0.2) is 0 Å². The van der Waals surface area contributed by atoms with E-state index in [0.29, 0.717) is 5.92 Å². The Bertz CT molecular complexity index is 821. The lowest BCUT2D eigenvalue weighted by atomic mass is 9.79. The minimum absolute atomic E-state index is 0.685. The summed E-state index contributed by atoms with van der Waals surface area (Å²) in [6.07, 6.45) is 11.6. The van der Waals surface area contributed by atoms with Crippen molar-refractivity contribution in [3.8, 4) is 11.3 Å². The van der Waals surface area contributed by atoms with Gasteiger partial charge in [0.05, 0.1) is 5.69 Å². The molecule has 3 aromatic rings. The van der Waals surface area contributed by atoms with Crippen LogP contribution in [0, 0.1) is 12.8 Å². The molecule has 0 aliphatic heterocycles. The number of nitrogens with zero attached hydrogens (tertiary/aromatic N) is 1. The molecular formula is C24H29N3O. The first-order valence-corrected chi connectivity index (χ1v) is 10.0. The molecule has 1 amide bonds. The normalized spacial score (nSPS) is 18.6. The number of pyridine rings is 1. The van der Waals surface area contributed by atoms with Gasteiger partial charge in [-0.05, 0) is 67.7 Å². The third-order valence-electron chi connectivity index (χ3n) is 5.50. The zero-order valence-corrected chi connectivity index (χ0v) is 16.5. The maximum Gasteiger partial charge on any atom is 0.207 e. The van der Waals surface area contributed by atoms with Gasteiger partial charge in [-0.15, -0.1) is 0 Å². The zero-order chi connectivity index (χ0) is 19.6. The number of nitrogens with one attached hydrogen (secondary N) is 2. The van der Waals surface area contributed by atoms with E-state index in [-0.39, 0.29) is 0 Å². The molecule has 1 aliphatic rings. The van der Waals surface area contributed by atoms with E-state index in [0.717, 1.165) is 24.6 Å². The maximum atomic E-state index is 10.2. The summed E-state index contributed by atoms with van der Waals surface area (Å²) in [5.41, 5.74) is 4.91. The van der Waals surface area contributed by atoms with E-state index in [1.165, 1.54) is 42.4 Å². The van der Waals surface area contributed by atoms with Crippen molar-refractivity contribution >= 4 is 6.41 Å². The van der Waals surface area contributed by atoms with E-state index >= 15 is 0 Å². The van der Waals surface area contributed by atoms with E-state index in [9.17, 15) is 4.79 Å². The van der Waals surface area contributed by atoms with Crippen LogP contribution in [0.4, 0.5) is 0 Å². The highest BCUT2D eigenvalue weighted by atomic mass is 16.1. The first-order chi connectivity index (χ1) is 13.8. The predicted molar refractivity (Wildman–Crippen MR) is 114 cm³/mol. The van der Waals surface area contributed by atoms with E-state index in [1.807, 2.05) is 36.8 Å². The summed E-state index contributed by atoms with van der Waals surface area (Å²) in [7, 11) is 0. The number of rotatable bonds is 5. The van der Waals surface area contributed by atoms with Gasteiger partial charge in [0.2, 0.25) is 6.41 Å². The van der Waals surface area contributed by atoms with Gasteiger partial charge in [0.25, 0.3) is 0 Å². The Labute approximate surface area is 167 Å². The third kappa shape index (κ3) is 5.56. The van der Waals surface area contributed by atoms with Gasteiger partial charge in [0.15, 0.2) is 0 Å². The molecule has 4 heteroatoms. The summed E-state index contributed by atoms with van der Waals surface area (Å²) >= 11 is 0. The van der Waals surface area contributed by atoms with Crippen LogP contribution in [0.5, 0.6) is 0 Å². The fourth-order valence-electron chi connectivity index (χ4n) is 3.88. The Kier molecular flexibility index (Phi) is 7.42. The molecule has 1 aliphatic carbocycles. The lowest BCUT2D eigenvalue weighted by Crippen LogP contribution is -2.25. The lowest BCUT2D eigenvalue weighted by Gasteiger charge is -2.28. The Morgan fingerprint density at radius 2 is 1.79 bits per heavy atom. The number of hydrogen-bond acceptors (Lipinski definition) is 2. The van der Waals surface area contributed by atoms with Crippen LogP contribution < -0.4 is 5.32 Å². The minimum Gasteiger partial charge on any atom is -0.367 e. The highest BCUT2D eigenvalue weighted by Gasteiger charge is 2.21. The first-order valence-electron chi connectivity index (χ1n) is 10.0. The second-order valence-electron chi connectivity index (χ2n) is 7.42. The van der Waals surface area contributed by atoms with Crippen molar-refractivity contribution in [2.45, 2.75) is 38.5 Å². The highest BCUT2D eigenvalue weighted by Crippen LogP contribution is 2.35. The van der Waals surface area contributed by atoms with Crippen molar-refractivity contribution in [2.75, 3.05) is 6.54 Å². The summed E-state index contributed by atoms with van der Waals surface area (Å²) in [5.74, 6) is 1.42. The van der Waals surface area contributed by atoms with Crippen molar-refractivity contribution in [3.63, 3.8) is 0 Å². The molecule has 0 saturated heterocycles. The smallest absolute Gasteiger partial charge is 0.207 e. The van der Waals surface area contributed by atoms with Gasteiger partial charge in [0, 0.05) is 30.7 Å². The Hall–Kier alpha value is -2.88. The first kappa shape index (κ1) is 19.9. The Morgan fingerprint density at radius 3 is 2.39 bits per heavy atom. The quantitative estimate of drug-likeness (QED) is 0.610. The molecule has 0 spiro atoms. The number of aromatic amines is 1. The standard InChI is InChI=1S/C14H19NO.C10H10N2/c16-11-15-10-12-6-8-14(9-7-12)13-4-2-1-3-5-13;1-8-6-11-7-9(8)10-4-2-3-5-12-10/h1-5,11-12,14H,6-10H2,(H,15,16);2-7,11H,1H3. The number of carbonyl (C=O) groups excluding carboxylic acids is 1. The molecule has 4 nitrogen and oxygen atoms in total. The molecule has 0 unspecified atom stereocenters. The summed E-state index contributed by atoms with van der Waals surface area (Å²) in [4.78, 5) is 17.5. The highest BCUT2D eigenvalue weighted by molar-refractivity contribution is 5.61. The van der Waals surface area contributed by atoms with Crippen molar-refractivity contribution in [1.29, 1.82) is 0 Å². The Morgan fingerprint density at radius 1 is 1.04 bits per heavy atom. The predicted octanol–water partition coefficient (Wildman–Crippen LogP) is 5.09. The molecule has 28 heavy (non-hydrogen) atoms. The average Bonchev–Trinajstić information content (AvgIpc) is 3.20. The third-order valence-corrected chi connectivity index (χ3v) is 5.50. The van der Waals surface area contributed by atoms with E-state index in [4.69, 9.17) is 0 Å². The van der Waals surface area contributed by atoms with Crippen LogP contribution in [0.3, 0.4) is 0 Å². The second kappa shape index (κ2) is 10.5. The van der Waals surface area contributed by atoms with Gasteiger partial charge in [-0.1, -0.05) is 36.4 Å². The molecule has 0 radical (unpaired) electrons. The molecule has 1 saturated carbocycles. The molecule has 2 heterocycles. The van der Waals surface area contributed by atoms with Gasteiger partial charge in [-0.3, -0.25) is 9.78 Å². The molecule has 2 N–H and O–H groups in total. The molecule has 146 valence electrons. The van der Waals surface area contributed by atoms with Crippen molar-refractivity contribution < 1.29 is 4.79 Å². The van der Waals surface area contributed by atoms with Gasteiger partial charge < -0.3 is 10.3 Å². The van der Waals surface area contributed by atoms with Gasteiger partial charge in [-0.2, -0.15) is 0 Å². The summed E-state index contributed by atoms with van der Waals surface area (Å²) in [6.45, 7) is 2.92. The van der Waals surface area contributed by atoms with Crippen LogP contribution >= 0.6 is 0 Å². The zero-order valence-electron chi connectivity index (χ0n) is 16.5. The summed E-state index contributed by atoms with van der Waals surface area (Å²) in [5, 5.41) is 2.79. The number of amides is 1. The van der Waals surface area contributed by atoms with Crippen LogP contribution in [0.25, 0.3) is 11.3 Å². The van der Waals surface area contributed by atoms with E-state index < -0.39 is 0 Å². The maximum absolute atomic E-state index is 10.2. The molecule has 0 bridgehead atoms. The number of benzene rings is 1. The monoisotopic (exact) mass is 375 g/mol. The number of hydrogen-bond donors (Lipinski definition) is 2. The van der Waals surface area contributed by atoms with Crippen LogP contribution in [0.2, 0.25) is 0 Å². The molecule has 1 aromatic carbocycles. The van der Waals surface area contributed by atoms with Gasteiger partial charge in [0.1, 0.15) is 0 Å². The fraction of sp³-hybridized carbons (Fsp3) is 0.333. The van der Waals surface area contributed by atoms with Crippen LogP contribution in [0.15, 0.2) is 67.1 Å². The second-order valence-corrected chi connectivity index (χ2v) is 7.42. The number of H-pyrrole nitrogens is 1. The molecule has 1 fully saturated rings. The SMILES string of the molecule is Cc1c[nH]cc1-c1ccccn1.O=CNCC1CCC(c2ccccc2)CC1. The number of aryl methyl sites for hydroxylation is 1. The number of carbonyl (C=O) groups is 1. The van der Waals surface area contributed by atoms with E-state index in [2.05, 4.69) is 52.5 Å². The van der Waals surface area contributed by atoms with Crippen molar-refractivity contribution in [3.05, 3.63) is 78.2 Å². The molecule has 0 atom stereocenters. The number of aromatic nitrogens is 2. The summed E-state index contributed by atoms with van der Waals surface area (Å²) < 4.78 is 0. The Balaban J connectivity index is 0.000000167. The topological polar surface area (TPSA) is 57.8 Å². The van der Waals surface area contributed by atoms with Crippen molar-refractivity contribution in [1.82, 2.24) is 15.3 Å². The van der Waals surface area contributed by atoms with E-state index in [1.54, 1.807) is 0 Å². The van der Waals surface area contributed by atoms with Gasteiger partial charge >= 0.3 is 0 Å². The lowest BCUT2D eigenvalue weighted by molar-refractivity contribution is -0.109. The average molecular weight is 376 g/mol. The molecular weight excluding hydrogens is 346 g/mol. The summed E-state index contributed by atoms with van der Waals surface area (Å²) in [6, 6.07) is 16.7. The van der Waals surface area contributed by atoms with Crippen molar-refractivity contribution in [2.24, 2.45) is 5.92 Å². The van der Waals surface area contributed by atoms with Crippen LogP contribution in [0.1, 0.15) is 42.7 Å². The van der Waals surface area contributed by atoms with Crippen LogP contribution in [-0.2, 0) is 4.79 Å². The van der Waals surface area contributed by atoms with Crippen LogP contribution in [-0.4, -0.2) is 22.9 Å². The molecule has 4 rings (SSSR count). The largest absolute Gasteiger partial charge is 0.367 e. The fourth-order valence-corrected chi connectivity index (χ4v) is 3.88.